The molecule has 3 heteroatoms. The summed E-state index contributed by atoms with van der Waals surface area (Å²) in [6, 6.07) is 9.17. The second-order valence-electron chi connectivity index (χ2n) is 5.31. The summed E-state index contributed by atoms with van der Waals surface area (Å²) < 4.78 is 5.28. The van der Waals surface area contributed by atoms with Gasteiger partial charge < -0.3 is 10.1 Å². The number of nitrogens with one attached hydrogen (secondary N) is 1. The molecule has 1 N–H and O–H groups in total. The van der Waals surface area contributed by atoms with Gasteiger partial charge in [-0.2, -0.15) is 0 Å². The minimum Gasteiger partial charge on any atom is -0.383 e. The smallest absolute Gasteiger partial charge is 0.0615 e. The minimum atomic E-state index is 0.446. The first-order chi connectivity index (χ1) is 9.72. The van der Waals surface area contributed by atoms with Gasteiger partial charge in [0.05, 0.1) is 6.61 Å². The fourth-order valence-corrected chi connectivity index (χ4v) is 2.43. The molecule has 0 aliphatic rings. The van der Waals surface area contributed by atoms with Gasteiger partial charge in [0.15, 0.2) is 0 Å². The van der Waals surface area contributed by atoms with Crippen LogP contribution < -0.4 is 5.32 Å². The molecule has 1 rings (SSSR count). The van der Waals surface area contributed by atoms with Crippen molar-refractivity contribution in [3.8, 4) is 0 Å². The Kier molecular flexibility index (Phi) is 8.51. The van der Waals surface area contributed by atoms with E-state index in [4.69, 9.17) is 4.74 Å². The normalized spacial score (nSPS) is 12.8. The van der Waals surface area contributed by atoms with Gasteiger partial charge in [-0.3, -0.25) is 4.90 Å². The summed E-state index contributed by atoms with van der Waals surface area (Å²) in [7, 11) is 1.77. The van der Waals surface area contributed by atoms with Crippen LogP contribution in [0.15, 0.2) is 24.3 Å². The van der Waals surface area contributed by atoms with Crippen LogP contribution in [-0.4, -0.2) is 37.7 Å². The fourth-order valence-electron chi connectivity index (χ4n) is 2.43. The van der Waals surface area contributed by atoms with Crippen molar-refractivity contribution in [1.29, 1.82) is 0 Å². The third-order valence-corrected chi connectivity index (χ3v) is 3.67. The second-order valence-corrected chi connectivity index (χ2v) is 5.31. The van der Waals surface area contributed by atoms with Crippen LogP contribution in [0.2, 0.25) is 0 Å². The van der Waals surface area contributed by atoms with Crippen LogP contribution in [0.1, 0.15) is 38.3 Å². The van der Waals surface area contributed by atoms with Crippen LogP contribution in [-0.2, 0) is 17.8 Å². The van der Waals surface area contributed by atoms with Crippen LogP contribution in [0, 0.1) is 0 Å². The molecule has 0 saturated heterocycles. The van der Waals surface area contributed by atoms with Crippen LogP contribution >= 0.6 is 0 Å². The molecule has 0 radical (unpaired) electrons. The monoisotopic (exact) mass is 278 g/mol. The van der Waals surface area contributed by atoms with Gasteiger partial charge in [-0.25, -0.2) is 0 Å². The number of ether oxygens (including phenoxy) is 1. The molecule has 0 spiro atoms. The lowest BCUT2D eigenvalue weighted by molar-refractivity contribution is 0.0980. The molecular weight excluding hydrogens is 248 g/mol. The number of hydrogen-bond acceptors (Lipinski definition) is 3. The maximum absolute atomic E-state index is 5.28. The zero-order valence-corrected chi connectivity index (χ0v) is 13.5. The van der Waals surface area contributed by atoms with Crippen LogP contribution in [0.25, 0.3) is 0 Å². The van der Waals surface area contributed by atoms with Crippen molar-refractivity contribution < 1.29 is 4.74 Å². The number of nitrogens with zero attached hydrogens (tertiary/aromatic N) is 1. The highest BCUT2D eigenvalue weighted by Gasteiger charge is 2.13. The quantitative estimate of drug-likeness (QED) is 0.666. The van der Waals surface area contributed by atoms with Gasteiger partial charge in [0.1, 0.15) is 0 Å². The van der Waals surface area contributed by atoms with E-state index in [9.17, 15) is 0 Å². The van der Waals surface area contributed by atoms with Gasteiger partial charge in [-0.1, -0.05) is 38.1 Å². The molecule has 0 aromatic heterocycles. The summed E-state index contributed by atoms with van der Waals surface area (Å²) in [6.45, 7) is 11.5. The zero-order chi connectivity index (χ0) is 14.8. The summed E-state index contributed by atoms with van der Waals surface area (Å²) in [5, 5.41) is 3.49. The number of rotatable bonds is 10. The molecule has 0 saturated carbocycles. The van der Waals surface area contributed by atoms with E-state index in [0.717, 1.165) is 32.8 Å². The summed E-state index contributed by atoms with van der Waals surface area (Å²) in [5.74, 6) is 0. The standard InChI is InChI=1S/C17H30N2O/c1-5-11-18-12-16-9-7-8-10-17(16)13-19(6-2)15(3)14-20-4/h7-10,15,18H,5-6,11-14H2,1-4H3. The molecule has 3 nitrogen and oxygen atoms in total. The van der Waals surface area contributed by atoms with Crippen molar-refractivity contribution in [2.75, 3.05) is 26.8 Å². The highest BCUT2D eigenvalue weighted by molar-refractivity contribution is 5.27. The molecule has 0 amide bonds. The van der Waals surface area contributed by atoms with Crippen LogP contribution in [0.3, 0.4) is 0 Å². The molecular formula is C17H30N2O. The Hall–Kier alpha value is -0.900. The molecule has 0 aliphatic carbocycles. The summed E-state index contributed by atoms with van der Waals surface area (Å²) in [5.41, 5.74) is 2.82. The van der Waals surface area contributed by atoms with Gasteiger partial charge in [-0.05, 0) is 37.6 Å². The molecule has 1 aromatic carbocycles. The fraction of sp³-hybridized carbons (Fsp3) is 0.647. The summed E-state index contributed by atoms with van der Waals surface area (Å²) in [4.78, 5) is 2.46. The molecule has 20 heavy (non-hydrogen) atoms. The molecule has 0 fully saturated rings. The lowest BCUT2D eigenvalue weighted by atomic mass is 10.1. The topological polar surface area (TPSA) is 24.5 Å². The third-order valence-electron chi connectivity index (χ3n) is 3.67. The van der Waals surface area contributed by atoms with E-state index in [1.165, 1.54) is 17.5 Å². The summed E-state index contributed by atoms with van der Waals surface area (Å²) >= 11 is 0. The Balaban J connectivity index is 2.69. The Bertz CT molecular complexity index is 368. The van der Waals surface area contributed by atoms with Crippen molar-refractivity contribution in [3.63, 3.8) is 0 Å². The zero-order valence-electron chi connectivity index (χ0n) is 13.5. The molecule has 1 aromatic rings. The van der Waals surface area contributed by atoms with Crippen LogP contribution in [0.5, 0.6) is 0 Å². The first kappa shape index (κ1) is 17.2. The van der Waals surface area contributed by atoms with Gasteiger partial charge in [0, 0.05) is 26.2 Å². The largest absolute Gasteiger partial charge is 0.383 e. The van der Waals surface area contributed by atoms with E-state index in [2.05, 4.69) is 55.3 Å². The lowest BCUT2D eigenvalue weighted by Crippen LogP contribution is -2.36. The lowest BCUT2D eigenvalue weighted by Gasteiger charge is -2.28. The van der Waals surface area contributed by atoms with Gasteiger partial charge in [0.2, 0.25) is 0 Å². The Morgan fingerprint density at radius 3 is 2.50 bits per heavy atom. The van der Waals surface area contributed by atoms with Gasteiger partial charge in [-0.15, -0.1) is 0 Å². The molecule has 0 aliphatic heterocycles. The molecule has 114 valence electrons. The van der Waals surface area contributed by atoms with Crippen LogP contribution in [0.4, 0.5) is 0 Å². The van der Waals surface area contributed by atoms with Crippen molar-refractivity contribution in [3.05, 3.63) is 35.4 Å². The Morgan fingerprint density at radius 2 is 1.90 bits per heavy atom. The average Bonchev–Trinajstić information content (AvgIpc) is 2.46. The highest BCUT2D eigenvalue weighted by Crippen LogP contribution is 2.14. The number of likely N-dealkylation sites (N-methyl/N-ethyl adjacent to an activating group) is 1. The van der Waals surface area contributed by atoms with E-state index >= 15 is 0 Å². The van der Waals surface area contributed by atoms with Crippen molar-refractivity contribution >= 4 is 0 Å². The SMILES string of the molecule is CCCNCc1ccccc1CN(CC)C(C)COC. The average molecular weight is 278 g/mol. The minimum absolute atomic E-state index is 0.446. The number of benzene rings is 1. The third kappa shape index (κ3) is 5.61. The number of hydrogen-bond donors (Lipinski definition) is 1. The van der Waals surface area contributed by atoms with Crippen molar-refractivity contribution in [1.82, 2.24) is 10.2 Å². The van der Waals surface area contributed by atoms with E-state index in [1.54, 1.807) is 7.11 Å². The first-order valence-corrected chi connectivity index (χ1v) is 7.73. The van der Waals surface area contributed by atoms with Crippen molar-refractivity contribution in [2.45, 2.75) is 46.3 Å². The maximum Gasteiger partial charge on any atom is 0.0615 e. The number of methoxy groups -OCH3 is 1. The first-order valence-electron chi connectivity index (χ1n) is 7.73. The van der Waals surface area contributed by atoms with E-state index < -0.39 is 0 Å². The predicted molar refractivity (Wildman–Crippen MR) is 85.9 cm³/mol. The van der Waals surface area contributed by atoms with Gasteiger partial charge >= 0.3 is 0 Å². The van der Waals surface area contributed by atoms with Gasteiger partial charge in [0.25, 0.3) is 0 Å². The maximum atomic E-state index is 5.28. The summed E-state index contributed by atoms with van der Waals surface area (Å²) in [6.07, 6.45) is 1.17. The molecule has 0 heterocycles. The Morgan fingerprint density at radius 1 is 1.20 bits per heavy atom. The second kappa shape index (κ2) is 9.92. The molecule has 1 unspecified atom stereocenters. The van der Waals surface area contributed by atoms with Crippen molar-refractivity contribution in [2.24, 2.45) is 0 Å². The van der Waals surface area contributed by atoms with E-state index in [1.807, 2.05) is 0 Å². The van der Waals surface area contributed by atoms with E-state index in [0.29, 0.717) is 6.04 Å². The molecule has 1 atom stereocenters. The Labute approximate surface area is 124 Å². The highest BCUT2D eigenvalue weighted by atomic mass is 16.5. The molecule has 0 bridgehead atoms. The predicted octanol–water partition coefficient (Wildman–Crippen LogP) is 3.04. The van der Waals surface area contributed by atoms with E-state index in [-0.39, 0.29) is 0 Å².